The molecule has 0 aromatic rings. The minimum absolute atomic E-state index is 0.138. The van der Waals surface area contributed by atoms with Crippen molar-refractivity contribution in [3.63, 3.8) is 0 Å². The van der Waals surface area contributed by atoms with Crippen LogP contribution in [0.4, 0.5) is 0 Å². The Bertz CT molecular complexity index is 296. The predicted molar refractivity (Wildman–Crippen MR) is 63.2 cm³/mol. The van der Waals surface area contributed by atoms with Gasteiger partial charge in [0.05, 0.1) is 5.92 Å². The van der Waals surface area contributed by atoms with E-state index in [1.807, 2.05) is 23.9 Å². The molecule has 5 unspecified atom stereocenters. The van der Waals surface area contributed by atoms with Crippen LogP contribution in [0.25, 0.3) is 0 Å². The molecule has 5 nitrogen and oxygen atoms in total. The maximum Gasteiger partial charge on any atom is 0.306 e. The lowest BCUT2D eigenvalue weighted by atomic mass is 9.85. The number of rotatable bonds is 2. The maximum atomic E-state index is 11.3. The molecule has 2 N–H and O–H groups in total. The average Bonchev–Trinajstić information content (AvgIpc) is 2.81. The number of carbonyl (C=O) groups is 1. The van der Waals surface area contributed by atoms with E-state index in [-0.39, 0.29) is 23.9 Å². The predicted octanol–water partition coefficient (Wildman–Crippen LogP) is 0.397. The van der Waals surface area contributed by atoms with E-state index in [2.05, 4.69) is 6.92 Å². The number of carboxylic acid groups (broad SMARTS) is 1. The molecule has 0 aromatic carbocycles. The molecule has 0 bridgehead atoms. The Kier molecular flexibility index (Phi) is 3.43. The molecule has 2 fully saturated rings. The topological polar surface area (TPSA) is 64.0 Å². The molecule has 5 atom stereocenters. The summed E-state index contributed by atoms with van der Waals surface area (Å²) in [6, 6.07) is 0.332. The lowest BCUT2D eigenvalue weighted by molar-refractivity contribution is -0.144. The van der Waals surface area contributed by atoms with Crippen LogP contribution in [0.5, 0.6) is 0 Å². The first kappa shape index (κ1) is 12.8. The number of aliphatic carboxylic acids is 1. The van der Waals surface area contributed by atoms with Crippen molar-refractivity contribution in [2.75, 3.05) is 14.1 Å². The molecule has 2 rings (SSSR count). The SMILES string of the molecule is CC1C(C2CCCC2C(=O)O)N(C)C(O)N1C. The van der Waals surface area contributed by atoms with E-state index in [0.29, 0.717) is 0 Å². The number of carboxylic acids is 1. The molecule has 1 heterocycles. The number of aliphatic hydroxyl groups is 1. The van der Waals surface area contributed by atoms with Crippen molar-refractivity contribution in [3.8, 4) is 0 Å². The van der Waals surface area contributed by atoms with Crippen molar-refractivity contribution in [2.45, 2.75) is 44.6 Å². The van der Waals surface area contributed by atoms with Crippen molar-refractivity contribution in [3.05, 3.63) is 0 Å². The molecule has 17 heavy (non-hydrogen) atoms. The van der Waals surface area contributed by atoms with Crippen LogP contribution >= 0.6 is 0 Å². The van der Waals surface area contributed by atoms with E-state index in [1.54, 1.807) is 0 Å². The number of likely N-dealkylation sites (N-methyl/N-ethyl adjacent to an activating group) is 2. The van der Waals surface area contributed by atoms with Crippen molar-refractivity contribution >= 4 is 5.97 Å². The zero-order valence-electron chi connectivity index (χ0n) is 10.7. The molecule has 0 aromatic heterocycles. The molecule has 98 valence electrons. The number of hydrogen-bond donors (Lipinski definition) is 2. The fraction of sp³-hybridized carbons (Fsp3) is 0.917. The Morgan fingerprint density at radius 3 is 2.35 bits per heavy atom. The van der Waals surface area contributed by atoms with Crippen LogP contribution in [-0.2, 0) is 4.79 Å². The zero-order valence-corrected chi connectivity index (χ0v) is 10.7. The Labute approximate surface area is 102 Å². The third-order valence-electron chi connectivity index (χ3n) is 4.66. The van der Waals surface area contributed by atoms with Gasteiger partial charge in [-0.2, -0.15) is 0 Å². The first-order valence-corrected chi connectivity index (χ1v) is 6.30. The third kappa shape index (κ3) is 1.96. The van der Waals surface area contributed by atoms with Gasteiger partial charge in [0.2, 0.25) is 0 Å². The van der Waals surface area contributed by atoms with E-state index >= 15 is 0 Å². The van der Waals surface area contributed by atoms with Gasteiger partial charge in [-0.25, -0.2) is 0 Å². The quantitative estimate of drug-likeness (QED) is 0.734. The zero-order chi connectivity index (χ0) is 12.7. The van der Waals surface area contributed by atoms with Crippen molar-refractivity contribution < 1.29 is 15.0 Å². The van der Waals surface area contributed by atoms with E-state index in [9.17, 15) is 15.0 Å². The second-order valence-corrected chi connectivity index (χ2v) is 5.45. The lowest BCUT2D eigenvalue weighted by Gasteiger charge is -2.31. The van der Waals surface area contributed by atoms with Crippen molar-refractivity contribution in [1.82, 2.24) is 9.80 Å². The summed E-state index contributed by atoms with van der Waals surface area (Å²) in [7, 11) is 3.77. The molecule has 1 aliphatic carbocycles. The van der Waals surface area contributed by atoms with Gasteiger partial charge in [0.15, 0.2) is 6.35 Å². The van der Waals surface area contributed by atoms with E-state index in [4.69, 9.17) is 0 Å². The molecule has 0 spiro atoms. The van der Waals surface area contributed by atoms with Crippen LogP contribution in [0.2, 0.25) is 0 Å². The monoisotopic (exact) mass is 242 g/mol. The third-order valence-corrected chi connectivity index (χ3v) is 4.66. The molecule has 2 aliphatic rings. The minimum atomic E-state index is -0.683. The fourth-order valence-corrected chi connectivity index (χ4v) is 3.60. The van der Waals surface area contributed by atoms with Gasteiger partial charge in [-0.15, -0.1) is 0 Å². The van der Waals surface area contributed by atoms with Gasteiger partial charge in [-0.05, 0) is 39.8 Å². The van der Waals surface area contributed by atoms with Gasteiger partial charge >= 0.3 is 5.97 Å². The molecule has 5 heteroatoms. The second kappa shape index (κ2) is 4.55. The van der Waals surface area contributed by atoms with E-state index < -0.39 is 12.3 Å². The van der Waals surface area contributed by atoms with Gasteiger partial charge in [0, 0.05) is 12.1 Å². The van der Waals surface area contributed by atoms with Crippen LogP contribution < -0.4 is 0 Å². The number of nitrogens with zero attached hydrogens (tertiary/aromatic N) is 2. The van der Waals surface area contributed by atoms with Crippen LogP contribution in [0.15, 0.2) is 0 Å². The minimum Gasteiger partial charge on any atom is -0.481 e. The van der Waals surface area contributed by atoms with Crippen LogP contribution in [0.1, 0.15) is 26.2 Å². The summed E-state index contributed by atoms with van der Waals surface area (Å²) in [5, 5.41) is 19.3. The summed E-state index contributed by atoms with van der Waals surface area (Å²) in [6.45, 7) is 2.06. The standard InChI is InChI=1S/C12H22N2O3/c1-7-10(14(3)12(17)13(7)2)8-5-4-6-9(8)11(15)16/h7-10,12,17H,4-6H2,1-3H3,(H,15,16). The Morgan fingerprint density at radius 1 is 1.24 bits per heavy atom. The molecule has 1 aliphatic heterocycles. The van der Waals surface area contributed by atoms with E-state index in [0.717, 1.165) is 19.3 Å². The molecule has 0 amide bonds. The van der Waals surface area contributed by atoms with Crippen molar-refractivity contribution in [1.29, 1.82) is 0 Å². The fourth-order valence-electron chi connectivity index (χ4n) is 3.60. The molecule has 1 saturated carbocycles. The van der Waals surface area contributed by atoms with Crippen LogP contribution in [-0.4, -0.2) is 58.5 Å². The first-order chi connectivity index (χ1) is 7.95. The summed E-state index contributed by atoms with van der Waals surface area (Å²) in [6.07, 6.45) is 2.12. The van der Waals surface area contributed by atoms with Crippen LogP contribution in [0.3, 0.4) is 0 Å². The number of hydrogen-bond acceptors (Lipinski definition) is 4. The Balaban J connectivity index is 2.19. The normalized spacial score (nSPS) is 44.4. The van der Waals surface area contributed by atoms with Crippen molar-refractivity contribution in [2.24, 2.45) is 11.8 Å². The molecule has 1 saturated heterocycles. The summed E-state index contributed by atoms with van der Waals surface area (Å²) in [5.74, 6) is -0.771. The summed E-state index contributed by atoms with van der Waals surface area (Å²) < 4.78 is 0. The van der Waals surface area contributed by atoms with Gasteiger partial charge in [0.25, 0.3) is 0 Å². The summed E-state index contributed by atoms with van der Waals surface area (Å²) in [5.41, 5.74) is 0. The number of aliphatic hydroxyl groups excluding tert-OH is 1. The average molecular weight is 242 g/mol. The Morgan fingerprint density at radius 2 is 1.88 bits per heavy atom. The van der Waals surface area contributed by atoms with Gasteiger partial charge in [-0.3, -0.25) is 14.6 Å². The maximum absolute atomic E-state index is 11.3. The second-order valence-electron chi connectivity index (χ2n) is 5.45. The highest BCUT2D eigenvalue weighted by atomic mass is 16.4. The first-order valence-electron chi connectivity index (χ1n) is 6.30. The van der Waals surface area contributed by atoms with Crippen LogP contribution in [0, 0.1) is 11.8 Å². The van der Waals surface area contributed by atoms with Gasteiger partial charge in [-0.1, -0.05) is 6.42 Å². The molecule has 0 radical (unpaired) electrons. The van der Waals surface area contributed by atoms with Gasteiger partial charge < -0.3 is 10.2 Å². The summed E-state index contributed by atoms with van der Waals surface area (Å²) in [4.78, 5) is 15.1. The summed E-state index contributed by atoms with van der Waals surface area (Å²) >= 11 is 0. The lowest BCUT2D eigenvalue weighted by Crippen LogP contribution is -2.43. The highest BCUT2D eigenvalue weighted by Crippen LogP contribution is 2.40. The largest absolute Gasteiger partial charge is 0.481 e. The molecular formula is C12H22N2O3. The smallest absolute Gasteiger partial charge is 0.306 e. The highest BCUT2D eigenvalue weighted by molar-refractivity contribution is 5.70. The Hall–Kier alpha value is -0.650. The molecular weight excluding hydrogens is 220 g/mol. The highest BCUT2D eigenvalue weighted by Gasteiger charge is 2.48. The van der Waals surface area contributed by atoms with E-state index in [1.165, 1.54) is 0 Å². The van der Waals surface area contributed by atoms with Gasteiger partial charge in [0.1, 0.15) is 0 Å².